The maximum absolute atomic E-state index is 14.9. The van der Waals surface area contributed by atoms with Gasteiger partial charge in [-0.25, -0.2) is 0 Å². The van der Waals surface area contributed by atoms with Crippen molar-refractivity contribution in [2.45, 2.75) is 105 Å². The molecule has 1 radical (unpaired) electrons. The molecule has 0 N–H and O–H groups in total. The molecule has 0 unspecified atom stereocenters. The van der Waals surface area contributed by atoms with E-state index in [0.29, 0.717) is 24.8 Å². The number of anilines is 5. The van der Waals surface area contributed by atoms with E-state index in [1.807, 2.05) is 0 Å². The van der Waals surface area contributed by atoms with Crippen molar-refractivity contribution in [2.24, 2.45) is 0 Å². The van der Waals surface area contributed by atoms with Gasteiger partial charge >= 0.3 is 0 Å². The SMILES string of the molecule is CC(C)c1cccc(C(C)C)c1N1CCC(=O)N(c2c(C(C)C)cccc2C(C)C)[C]1c1ccc(N(c2ccc(-c3ccccc3)cc2)c2ccc3c(c2)C(C)(C)c2ccccc2-3)cc1. The highest BCUT2D eigenvalue weighted by Gasteiger charge is 2.42. The molecule has 0 atom stereocenters. The predicted octanol–water partition coefficient (Wildman–Crippen LogP) is 16.4. The molecule has 0 bridgehead atoms. The van der Waals surface area contributed by atoms with Gasteiger partial charge in [-0.15, -0.1) is 0 Å². The molecule has 0 spiro atoms. The molecule has 65 heavy (non-hydrogen) atoms. The lowest BCUT2D eigenvalue weighted by Crippen LogP contribution is -2.53. The van der Waals surface area contributed by atoms with Crippen LogP contribution in [0.4, 0.5) is 28.4 Å². The molecule has 329 valence electrons. The first-order valence-corrected chi connectivity index (χ1v) is 23.8. The van der Waals surface area contributed by atoms with Crippen molar-refractivity contribution in [1.29, 1.82) is 0 Å². The number of hydrogen-bond donors (Lipinski definition) is 0. The van der Waals surface area contributed by atoms with Gasteiger partial charge in [-0.2, -0.15) is 0 Å². The third-order valence-electron chi connectivity index (χ3n) is 13.9. The van der Waals surface area contributed by atoms with Crippen molar-refractivity contribution in [3.8, 4) is 22.3 Å². The van der Waals surface area contributed by atoms with Crippen LogP contribution in [0.15, 0.2) is 158 Å². The Morgan fingerprint density at radius 2 is 0.923 bits per heavy atom. The molecule has 1 fully saturated rings. The number of para-hydroxylation sites is 2. The summed E-state index contributed by atoms with van der Waals surface area (Å²) in [7, 11) is 0. The van der Waals surface area contributed by atoms with E-state index in [4.69, 9.17) is 0 Å². The zero-order valence-corrected chi connectivity index (χ0v) is 40.0. The van der Waals surface area contributed by atoms with Crippen LogP contribution in [0.5, 0.6) is 0 Å². The lowest BCUT2D eigenvalue weighted by molar-refractivity contribution is -0.118. The minimum atomic E-state index is -0.145. The Hall–Kier alpha value is -6.39. The Morgan fingerprint density at radius 3 is 1.48 bits per heavy atom. The zero-order chi connectivity index (χ0) is 45.7. The Morgan fingerprint density at radius 1 is 0.462 bits per heavy atom. The summed E-state index contributed by atoms with van der Waals surface area (Å²) in [6.45, 7) is 23.4. The highest BCUT2D eigenvalue weighted by Crippen LogP contribution is 2.52. The molecule has 1 aliphatic carbocycles. The largest absolute Gasteiger partial charge is 0.340 e. The second-order valence-electron chi connectivity index (χ2n) is 19.8. The number of carbonyl (C=O) groups is 1. The van der Waals surface area contributed by atoms with Gasteiger partial charge in [-0.05, 0) is 116 Å². The Balaban J connectivity index is 1.23. The molecule has 1 heterocycles. The van der Waals surface area contributed by atoms with Crippen LogP contribution in [0.1, 0.15) is 138 Å². The van der Waals surface area contributed by atoms with Crippen molar-refractivity contribution in [3.63, 3.8) is 0 Å². The molecular formula is C61H64N3O. The van der Waals surface area contributed by atoms with Gasteiger partial charge in [0.2, 0.25) is 5.91 Å². The van der Waals surface area contributed by atoms with Crippen LogP contribution in [0.3, 0.4) is 0 Å². The normalized spacial score (nSPS) is 14.8. The molecule has 0 aromatic heterocycles. The first-order valence-electron chi connectivity index (χ1n) is 23.8. The van der Waals surface area contributed by atoms with Crippen LogP contribution in [0, 0.1) is 6.17 Å². The molecule has 7 aromatic carbocycles. The van der Waals surface area contributed by atoms with Crippen molar-refractivity contribution >= 4 is 34.3 Å². The van der Waals surface area contributed by atoms with Gasteiger partial charge in [0, 0.05) is 46.7 Å². The molecule has 0 saturated carbocycles. The summed E-state index contributed by atoms with van der Waals surface area (Å²) >= 11 is 0. The molecule has 1 amide bonds. The Labute approximate surface area is 388 Å². The summed E-state index contributed by atoms with van der Waals surface area (Å²) in [6, 6.07) is 57.8. The van der Waals surface area contributed by atoms with Gasteiger partial charge < -0.3 is 9.80 Å². The van der Waals surface area contributed by atoms with Gasteiger partial charge in [0.05, 0.1) is 5.69 Å². The Bertz CT molecular complexity index is 2780. The van der Waals surface area contributed by atoms with E-state index < -0.39 is 0 Å². The molecule has 4 heteroatoms. The van der Waals surface area contributed by atoms with Crippen LogP contribution in [-0.4, -0.2) is 12.5 Å². The van der Waals surface area contributed by atoms with Gasteiger partial charge in [0.1, 0.15) is 0 Å². The smallest absolute Gasteiger partial charge is 0.231 e. The fraction of sp³-hybridized carbons (Fsp3) is 0.279. The quantitative estimate of drug-likeness (QED) is 0.130. The lowest BCUT2D eigenvalue weighted by atomic mass is 9.82. The standard InChI is InChI=1S/C61H64N3O/c1-39(2)49-21-16-22-50(40(3)4)58(49)62-37-36-57(65)64(59-51(41(5)6)23-17-24-52(59)42(7)8)60(62)45-28-32-47(33-29-45)63(46-30-26-44(27-31-46)43-18-12-11-13-19-43)48-34-35-54-53-20-14-15-25-55(53)61(9,10)56(54)38-48/h11-35,38-42H,36-37H2,1-10H3. The van der Waals surface area contributed by atoms with E-state index in [1.165, 1.54) is 61.3 Å². The van der Waals surface area contributed by atoms with Crippen molar-refractivity contribution in [1.82, 2.24) is 0 Å². The molecule has 4 nitrogen and oxygen atoms in total. The lowest BCUT2D eigenvalue weighted by Gasteiger charge is -2.47. The second-order valence-corrected chi connectivity index (χ2v) is 19.8. The maximum atomic E-state index is 14.9. The van der Waals surface area contributed by atoms with Gasteiger partial charge in [0.25, 0.3) is 0 Å². The molecule has 7 aromatic rings. The van der Waals surface area contributed by atoms with Gasteiger partial charge in [0.15, 0.2) is 6.17 Å². The van der Waals surface area contributed by atoms with E-state index in [9.17, 15) is 4.79 Å². The molecule has 9 rings (SSSR count). The van der Waals surface area contributed by atoms with Crippen LogP contribution in [0.2, 0.25) is 0 Å². The average molecular weight is 855 g/mol. The molecular weight excluding hydrogens is 791 g/mol. The first kappa shape index (κ1) is 43.8. The monoisotopic (exact) mass is 855 g/mol. The number of hydrogen-bond acceptors (Lipinski definition) is 3. The summed E-state index contributed by atoms with van der Waals surface area (Å²) in [6.07, 6.45) is 1.34. The minimum absolute atomic E-state index is 0.130. The second kappa shape index (κ2) is 17.5. The maximum Gasteiger partial charge on any atom is 0.231 e. The summed E-state index contributed by atoms with van der Waals surface area (Å²) in [5, 5.41) is 0. The van der Waals surface area contributed by atoms with Gasteiger partial charge in [-0.1, -0.05) is 191 Å². The predicted molar refractivity (Wildman–Crippen MR) is 275 cm³/mol. The minimum Gasteiger partial charge on any atom is -0.340 e. The fourth-order valence-electron chi connectivity index (χ4n) is 10.5. The van der Waals surface area contributed by atoms with E-state index in [0.717, 1.165) is 34.5 Å². The third kappa shape index (κ3) is 7.85. The highest BCUT2D eigenvalue weighted by atomic mass is 16.2. The zero-order valence-electron chi connectivity index (χ0n) is 40.0. The van der Waals surface area contributed by atoms with Crippen LogP contribution < -0.4 is 14.7 Å². The first-order chi connectivity index (χ1) is 31.3. The number of amides is 1. The van der Waals surface area contributed by atoms with Crippen LogP contribution >= 0.6 is 0 Å². The van der Waals surface area contributed by atoms with Crippen molar-refractivity contribution < 1.29 is 4.79 Å². The third-order valence-corrected chi connectivity index (χ3v) is 13.9. The average Bonchev–Trinajstić information content (AvgIpc) is 3.54. The molecule has 2 aliphatic rings. The summed E-state index contributed by atoms with van der Waals surface area (Å²) in [5.74, 6) is 1.15. The fourth-order valence-corrected chi connectivity index (χ4v) is 10.5. The van der Waals surface area contributed by atoms with Gasteiger partial charge in [-0.3, -0.25) is 9.69 Å². The summed E-state index contributed by atoms with van der Waals surface area (Å²) in [4.78, 5) is 21.9. The molecule has 1 aliphatic heterocycles. The Kier molecular flexibility index (Phi) is 11.8. The summed E-state index contributed by atoms with van der Waals surface area (Å²) in [5.41, 5.74) is 19.0. The van der Waals surface area contributed by atoms with Crippen molar-refractivity contribution in [2.75, 3.05) is 21.2 Å². The van der Waals surface area contributed by atoms with E-state index in [1.54, 1.807) is 0 Å². The number of rotatable bonds is 11. The number of carbonyl (C=O) groups excluding carboxylic acids is 1. The number of benzene rings is 7. The van der Waals surface area contributed by atoms with Crippen LogP contribution in [0.25, 0.3) is 22.3 Å². The molecule has 1 saturated heterocycles. The number of fused-ring (bicyclic) bond motifs is 3. The van der Waals surface area contributed by atoms with E-state index in [2.05, 4.69) is 242 Å². The highest BCUT2D eigenvalue weighted by molar-refractivity contribution is 6.01. The number of nitrogens with zero attached hydrogens (tertiary/aromatic N) is 3. The van der Waals surface area contributed by atoms with Crippen molar-refractivity contribution in [3.05, 3.63) is 203 Å². The summed E-state index contributed by atoms with van der Waals surface area (Å²) < 4.78 is 0. The van der Waals surface area contributed by atoms with Crippen LogP contribution in [-0.2, 0) is 10.2 Å². The van der Waals surface area contributed by atoms with E-state index >= 15 is 0 Å². The van der Waals surface area contributed by atoms with E-state index in [-0.39, 0.29) is 23.2 Å². The topological polar surface area (TPSA) is 26.8 Å².